The van der Waals surface area contributed by atoms with Crippen LogP contribution in [0.5, 0.6) is 6.01 Å². The molecule has 3 fully saturated rings. The second kappa shape index (κ2) is 11.4. The Kier molecular flexibility index (Phi) is 7.68. The minimum absolute atomic E-state index is 0.0185. The maximum absolute atomic E-state index is 16.9. The van der Waals surface area contributed by atoms with Crippen molar-refractivity contribution in [2.75, 3.05) is 44.5 Å². The van der Waals surface area contributed by atoms with Gasteiger partial charge in [-0.1, -0.05) is 6.07 Å². The topological polar surface area (TPSA) is 101 Å². The zero-order chi connectivity index (χ0) is 33.4. The Labute approximate surface area is 269 Å². The number of benzene rings is 2. The van der Waals surface area contributed by atoms with E-state index in [0.29, 0.717) is 37.1 Å². The van der Waals surface area contributed by atoms with Gasteiger partial charge in [0.1, 0.15) is 41.0 Å². The molecule has 15 heteroatoms. The summed E-state index contributed by atoms with van der Waals surface area (Å²) in [6.45, 7) is 1.01. The van der Waals surface area contributed by atoms with Gasteiger partial charge >= 0.3 is 12.2 Å². The van der Waals surface area contributed by atoms with Gasteiger partial charge in [-0.05, 0) is 49.9 Å². The second-order valence-corrected chi connectivity index (χ2v) is 13.6. The van der Waals surface area contributed by atoms with E-state index in [1.165, 1.54) is 0 Å². The molecule has 8 nitrogen and oxygen atoms in total. The van der Waals surface area contributed by atoms with Crippen LogP contribution in [0, 0.1) is 23.0 Å². The molecule has 4 aromatic rings. The van der Waals surface area contributed by atoms with Crippen LogP contribution in [0.25, 0.3) is 32.1 Å². The van der Waals surface area contributed by atoms with Gasteiger partial charge in [-0.25, -0.2) is 13.2 Å². The van der Waals surface area contributed by atoms with Crippen LogP contribution in [0.1, 0.15) is 43.2 Å². The molecule has 47 heavy (non-hydrogen) atoms. The zero-order valence-electron chi connectivity index (χ0n) is 25.4. The number of methoxy groups -OCH3 is 1. The summed E-state index contributed by atoms with van der Waals surface area (Å²) in [7, 11) is 3.22. The summed E-state index contributed by atoms with van der Waals surface area (Å²) in [5.74, 6) is -2.12. The largest absolute Gasteiger partial charge is 0.461 e. The monoisotopic (exact) mass is 676 g/mol. The lowest BCUT2D eigenvalue weighted by Crippen LogP contribution is -2.46. The number of ether oxygens (including phenoxy) is 2. The summed E-state index contributed by atoms with van der Waals surface area (Å²) in [6, 6.07) is 4.10. The van der Waals surface area contributed by atoms with E-state index in [1.807, 2.05) is 11.0 Å². The molecule has 0 amide bonds. The molecule has 4 heterocycles. The molecule has 2 aromatic heterocycles. The van der Waals surface area contributed by atoms with E-state index in [0.717, 1.165) is 24.6 Å². The number of aromatic nitrogens is 2. The molecular weight excluding hydrogens is 646 g/mol. The fraction of sp³-hybridized carbons (Fsp3) is 0.469. The molecule has 248 valence electrons. The average molecular weight is 677 g/mol. The van der Waals surface area contributed by atoms with E-state index in [9.17, 15) is 27.2 Å². The van der Waals surface area contributed by atoms with Crippen LogP contribution in [-0.4, -0.2) is 72.6 Å². The Morgan fingerprint density at radius 3 is 2.70 bits per heavy atom. The number of rotatable bonds is 7. The first-order valence-electron chi connectivity index (χ1n) is 15.1. The lowest BCUT2D eigenvalue weighted by Gasteiger charge is -2.41. The zero-order valence-corrected chi connectivity index (χ0v) is 26.2. The van der Waals surface area contributed by atoms with Gasteiger partial charge in [0.2, 0.25) is 0 Å². The van der Waals surface area contributed by atoms with Crippen LogP contribution in [0.4, 0.5) is 37.2 Å². The summed E-state index contributed by atoms with van der Waals surface area (Å²) >= 11 is 0.694. The number of hydrogen-bond donors (Lipinski definition) is 1. The van der Waals surface area contributed by atoms with Crippen LogP contribution in [-0.2, 0) is 10.9 Å². The first kappa shape index (κ1) is 31.7. The number of nitrogens with zero attached hydrogens (tertiary/aromatic N) is 5. The summed E-state index contributed by atoms with van der Waals surface area (Å²) in [5.41, 5.74) is 2.06. The lowest BCUT2D eigenvalue weighted by molar-refractivity contribution is -0.137. The Morgan fingerprint density at radius 1 is 1.23 bits per heavy atom. The predicted molar refractivity (Wildman–Crippen MR) is 165 cm³/mol. The highest BCUT2D eigenvalue weighted by Gasteiger charge is 2.49. The van der Waals surface area contributed by atoms with E-state index < -0.39 is 46.2 Å². The smallest absolute Gasteiger partial charge is 0.417 e. The van der Waals surface area contributed by atoms with Gasteiger partial charge in [0.05, 0.1) is 27.5 Å². The number of halogens is 6. The highest BCUT2D eigenvalue weighted by molar-refractivity contribution is 7.23. The van der Waals surface area contributed by atoms with E-state index in [2.05, 4.69) is 9.97 Å². The third kappa shape index (κ3) is 5.12. The normalized spacial score (nSPS) is 24.4. The van der Waals surface area contributed by atoms with Crippen LogP contribution in [0.2, 0.25) is 0 Å². The van der Waals surface area contributed by atoms with E-state index in [4.69, 9.17) is 15.2 Å². The number of hydrogen-bond acceptors (Lipinski definition) is 9. The molecule has 3 aliphatic rings. The van der Waals surface area contributed by atoms with Crippen LogP contribution in [0.15, 0.2) is 18.2 Å². The maximum Gasteiger partial charge on any atom is 0.417 e. The number of nitrogen functional groups attached to an aromatic ring is 1. The van der Waals surface area contributed by atoms with E-state index in [1.54, 1.807) is 19.1 Å². The van der Waals surface area contributed by atoms with Crippen molar-refractivity contribution in [3.63, 3.8) is 0 Å². The van der Waals surface area contributed by atoms with E-state index in [-0.39, 0.29) is 75.1 Å². The molecule has 0 radical (unpaired) electrons. The maximum atomic E-state index is 16.9. The second-order valence-electron chi connectivity index (χ2n) is 12.5. The summed E-state index contributed by atoms with van der Waals surface area (Å²) in [5, 5.41) is 9.25. The van der Waals surface area contributed by atoms with Crippen molar-refractivity contribution in [1.82, 2.24) is 14.9 Å². The summed E-state index contributed by atoms with van der Waals surface area (Å²) in [4.78, 5) is 12.5. The Morgan fingerprint density at radius 2 is 2.00 bits per heavy atom. The minimum atomic E-state index is -5.07. The lowest BCUT2D eigenvalue weighted by atomic mass is 9.87. The van der Waals surface area contributed by atoms with Crippen molar-refractivity contribution in [2.24, 2.45) is 0 Å². The van der Waals surface area contributed by atoms with Crippen LogP contribution < -0.4 is 15.4 Å². The third-order valence-electron chi connectivity index (χ3n) is 9.91. The van der Waals surface area contributed by atoms with Gasteiger partial charge in [-0.3, -0.25) is 4.90 Å². The van der Waals surface area contributed by atoms with Crippen molar-refractivity contribution in [3.05, 3.63) is 41.0 Å². The molecule has 2 saturated heterocycles. The first-order chi connectivity index (χ1) is 22.3. The first-order valence-corrected chi connectivity index (χ1v) is 16.0. The number of thiophene rings is 1. The number of anilines is 2. The standard InChI is InChI=1S/C32H30F6N6O2S/c1-43(16-8-17(9-16)45-2)29-19-10-21(32(36,37)38)24(18-4-5-22(34)27-23(18)20(12-39)28(40)47-27)25(35)26(19)41-30(42-29)46-14-31-6-3-7-44(31)13-15(33)11-31/h4-5,10,15-17H,3,6-9,11,13-14,40H2,1-2H3. The van der Waals surface area contributed by atoms with Crippen molar-refractivity contribution in [2.45, 2.75) is 62.1 Å². The Balaban J connectivity index is 1.44. The van der Waals surface area contributed by atoms with Crippen LogP contribution in [0.3, 0.4) is 0 Å². The molecule has 0 spiro atoms. The summed E-state index contributed by atoms with van der Waals surface area (Å²) < 4.78 is 102. The van der Waals surface area contributed by atoms with Crippen LogP contribution >= 0.6 is 11.3 Å². The molecule has 1 aliphatic carbocycles. The van der Waals surface area contributed by atoms with Gasteiger partial charge in [0, 0.05) is 49.5 Å². The minimum Gasteiger partial charge on any atom is -0.461 e. The average Bonchev–Trinajstić information content (AvgIpc) is 3.64. The highest BCUT2D eigenvalue weighted by Crippen LogP contribution is 2.48. The number of nitrogens with two attached hydrogens (primary N) is 1. The van der Waals surface area contributed by atoms with Gasteiger partial charge in [0.15, 0.2) is 5.82 Å². The fourth-order valence-electron chi connectivity index (χ4n) is 7.39. The molecule has 2 aromatic carbocycles. The van der Waals surface area contributed by atoms with Crippen molar-refractivity contribution >= 4 is 43.1 Å². The van der Waals surface area contributed by atoms with E-state index >= 15 is 4.39 Å². The summed E-state index contributed by atoms with van der Waals surface area (Å²) in [6.07, 6.45) is -3.20. The van der Waals surface area contributed by atoms with Gasteiger partial charge in [-0.15, -0.1) is 11.3 Å². The Hall–Kier alpha value is -3.87. The quantitative estimate of drug-likeness (QED) is 0.213. The molecule has 0 bridgehead atoms. The van der Waals surface area contributed by atoms with Crippen molar-refractivity contribution < 1.29 is 35.8 Å². The molecule has 2 atom stereocenters. The number of alkyl halides is 4. The van der Waals surface area contributed by atoms with Gasteiger partial charge in [0.25, 0.3) is 0 Å². The highest BCUT2D eigenvalue weighted by atomic mass is 32.1. The molecule has 1 saturated carbocycles. The molecule has 2 N–H and O–H groups in total. The molecule has 2 unspecified atom stereocenters. The molecule has 2 aliphatic heterocycles. The fourth-order valence-corrected chi connectivity index (χ4v) is 8.34. The molecular formula is C32H30F6N6O2S. The third-order valence-corrected chi connectivity index (χ3v) is 10.9. The van der Waals surface area contributed by atoms with Gasteiger partial charge in [-0.2, -0.15) is 28.4 Å². The SMILES string of the molecule is COC1CC(N(C)c2nc(OCC34CCCN3CC(F)C4)nc3c(F)c(-c4ccc(F)c5sc(N)c(C#N)c45)c(C(F)(F)F)cc23)C1. The van der Waals surface area contributed by atoms with Gasteiger partial charge < -0.3 is 20.1 Å². The number of fused-ring (bicyclic) bond motifs is 3. The van der Waals surface area contributed by atoms with Crippen molar-refractivity contribution in [3.8, 4) is 23.2 Å². The van der Waals surface area contributed by atoms with Crippen molar-refractivity contribution in [1.29, 1.82) is 5.26 Å². The number of nitriles is 1. The Bertz CT molecular complexity index is 1940. The predicted octanol–water partition coefficient (Wildman–Crippen LogP) is 6.83. The molecule has 7 rings (SSSR count).